The Morgan fingerprint density at radius 1 is 1.00 bits per heavy atom. The van der Waals surface area contributed by atoms with Crippen molar-refractivity contribution in [3.8, 4) is 11.3 Å². The van der Waals surface area contributed by atoms with Crippen LogP contribution in [-0.2, 0) is 9.84 Å². The van der Waals surface area contributed by atoms with Gasteiger partial charge in [-0.15, -0.1) is 0 Å². The summed E-state index contributed by atoms with van der Waals surface area (Å²) in [5.74, 6) is 0. The summed E-state index contributed by atoms with van der Waals surface area (Å²) in [5, 5.41) is 0.697. The number of benzene rings is 2. The lowest BCUT2D eigenvalue weighted by atomic mass is 10.1. The van der Waals surface area contributed by atoms with Crippen molar-refractivity contribution in [2.75, 3.05) is 18.0 Å². The number of hydrogen-bond donors (Lipinski definition) is 1. The van der Waals surface area contributed by atoms with Crippen LogP contribution in [0.1, 0.15) is 26.7 Å². The Bertz CT molecular complexity index is 1010. The molecule has 1 N–H and O–H groups in total. The zero-order chi connectivity index (χ0) is 18.3. The molecule has 0 bridgehead atoms. The number of aromatic nitrogens is 1. The van der Waals surface area contributed by atoms with Crippen LogP contribution in [0.25, 0.3) is 22.2 Å². The van der Waals surface area contributed by atoms with E-state index in [-0.39, 0.29) is 0 Å². The van der Waals surface area contributed by atoms with Crippen molar-refractivity contribution in [3.05, 3.63) is 48.5 Å². The van der Waals surface area contributed by atoms with E-state index in [0.29, 0.717) is 4.90 Å². The Kier molecular flexibility index (Phi) is 4.27. The molecule has 5 heteroatoms. The summed E-state index contributed by atoms with van der Waals surface area (Å²) in [6.45, 7) is 5.49. The number of nitrogens with zero attached hydrogens (tertiary/aromatic N) is 1. The van der Waals surface area contributed by atoms with Crippen LogP contribution in [0.3, 0.4) is 0 Å². The summed E-state index contributed by atoms with van der Waals surface area (Å²) in [4.78, 5) is 6.21. The summed E-state index contributed by atoms with van der Waals surface area (Å²) >= 11 is 0. The number of fused-ring (bicyclic) bond motifs is 1. The molecule has 2 heterocycles. The third kappa shape index (κ3) is 2.90. The second kappa shape index (κ2) is 6.47. The molecule has 26 heavy (non-hydrogen) atoms. The average Bonchev–Trinajstić information content (AvgIpc) is 3.30. The van der Waals surface area contributed by atoms with Crippen molar-refractivity contribution in [2.24, 2.45) is 0 Å². The number of rotatable bonds is 4. The Balaban J connectivity index is 1.91. The molecule has 1 fully saturated rings. The molecule has 0 aliphatic carbocycles. The largest absolute Gasteiger partial charge is 0.371 e. The van der Waals surface area contributed by atoms with E-state index in [2.05, 4.69) is 22.0 Å². The Morgan fingerprint density at radius 2 is 1.73 bits per heavy atom. The third-order valence-electron chi connectivity index (χ3n) is 5.18. The molecule has 0 spiro atoms. The first-order chi connectivity index (χ1) is 12.5. The van der Waals surface area contributed by atoms with Gasteiger partial charge in [-0.1, -0.05) is 18.2 Å². The molecule has 3 aromatic rings. The van der Waals surface area contributed by atoms with Crippen LogP contribution < -0.4 is 4.90 Å². The second-order valence-corrected chi connectivity index (χ2v) is 9.74. The van der Waals surface area contributed by atoms with E-state index in [1.165, 1.54) is 12.8 Å². The van der Waals surface area contributed by atoms with Crippen LogP contribution in [0.5, 0.6) is 0 Å². The Morgan fingerprint density at radius 3 is 2.42 bits per heavy atom. The molecule has 2 aromatic carbocycles. The van der Waals surface area contributed by atoms with Crippen molar-refractivity contribution in [1.82, 2.24) is 4.98 Å². The highest BCUT2D eigenvalue weighted by atomic mass is 32.2. The summed E-state index contributed by atoms with van der Waals surface area (Å²) < 4.78 is 25.4. The molecule has 1 aromatic heterocycles. The zero-order valence-corrected chi connectivity index (χ0v) is 16.0. The van der Waals surface area contributed by atoms with Gasteiger partial charge in [-0.25, -0.2) is 8.42 Å². The van der Waals surface area contributed by atoms with Crippen molar-refractivity contribution in [3.63, 3.8) is 0 Å². The summed E-state index contributed by atoms with van der Waals surface area (Å²) in [6, 6.07) is 15.8. The first-order valence-electron chi connectivity index (χ1n) is 9.18. The monoisotopic (exact) mass is 368 g/mol. The molecule has 1 saturated heterocycles. The maximum atomic E-state index is 12.7. The van der Waals surface area contributed by atoms with Crippen LogP contribution in [0.4, 0.5) is 5.69 Å². The number of aromatic amines is 1. The lowest BCUT2D eigenvalue weighted by molar-refractivity contribution is 0.587. The van der Waals surface area contributed by atoms with Gasteiger partial charge in [-0.3, -0.25) is 0 Å². The van der Waals surface area contributed by atoms with Crippen LogP contribution >= 0.6 is 0 Å². The van der Waals surface area contributed by atoms with Gasteiger partial charge in [-0.2, -0.15) is 0 Å². The molecule has 4 rings (SSSR count). The predicted molar refractivity (Wildman–Crippen MR) is 108 cm³/mol. The number of para-hydroxylation sites is 1. The van der Waals surface area contributed by atoms with E-state index < -0.39 is 15.1 Å². The fraction of sp³-hybridized carbons (Fsp3) is 0.333. The van der Waals surface area contributed by atoms with Crippen molar-refractivity contribution in [1.29, 1.82) is 0 Å². The van der Waals surface area contributed by atoms with Crippen LogP contribution in [0.15, 0.2) is 53.4 Å². The molecular weight excluding hydrogens is 344 g/mol. The summed E-state index contributed by atoms with van der Waals surface area (Å²) in [7, 11) is -3.31. The SMILES string of the molecule is CC(C)S(=O)(=O)c1ccc(N2CCCC2)c(-c2cc3ccccc3[nH]2)c1. The lowest BCUT2D eigenvalue weighted by Crippen LogP contribution is -2.19. The zero-order valence-electron chi connectivity index (χ0n) is 15.2. The standard InChI is InChI=1S/C21H24N2O2S/c1-15(2)26(24,25)17-9-10-21(23-11-5-6-12-23)18(14-17)20-13-16-7-3-4-8-19(16)22-20/h3-4,7-10,13-15,22H,5-6,11-12H2,1-2H3. The topological polar surface area (TPSA) is 53.2 Å². The Labute approximate surface area is 154 Å². The highest BCUT2D eigenvalue weighted by Gasteiger charge is 2.23. The van der Waals surface area contributed by atoms with E-state index in [1.54, 1.807) is 19.9 Å². The number of nitrogens with one attached hydrogen (secondary N) is 1. The van der Waals surface area contributed by atoms with Crippen LogP contribution in [-0.4, -0.2) is 31.7 Å². The first-order valence-corrected chi connectivity index (χ1v) is 10.7. The molecular formula is C21H24N2O2S. The molecule has 0 unspecified atom stereocenters. The lowest BCUT2D eigenvalue weighted by Gasteiger charge is -2.22. The fourth-order valence-electron chi connectivity index (χ4n) is 3.63. The van der Waals surface area contributed by atoms with Gasteiger partial charge < -0.3 is 9.88 Å². The third-order valence-corrected chi connectivity index (χ3v) is 7.34. The minimum atomic E-state index is -3.31. The van der Waals surface area contributed by atoms with Gasteiger partial charge in [0.1, 0.15) is 0 Å². The highest BCUT2D eigenvalue weighted by molar-refractivity contribution is 7.92. The van der Waals surface area contributed by atoms with E-state index in [0.717, 1.165) is 40.9 Å². The van der Waals surface area contributed by atoms with Gasteiger partial charge in [0.05, 0.1) is 10.1 Å². The highest BCUT2D eigenvalue weighted by Crippen LogP contribution is 2.36. The van der Waals surface area contributed by atoms with Gasteiger partial charge in [0.2, 0.25) is 0 Å². The molecule has 136 valence electrons. The van der Waals surface area contributed by atoms with E-state index >= 15 is 0 Å². The Hall–Kier alpha value is -2.27. The van der Waals surface area contributed by atoms with E-state index in [9.17, 15) is 8.42 Å². The van der Waals surface area contributed by atoms with Gasteiger partial charge in [0.15, 0.2) is 9.84 Å². The first kappa shape index (κ1) is 17.2. The van der Waals surface area contributed by atoms with Gasteiger partial charge in [-0.05, 0) is 57.0 Å². The fourth-order valence-corrected chi connectivity index (χ4v) is 4.72. The van der Waals surface area contributed by atoms with Gasteiger partial charge >= 0.3 is 0 Å². The van der Waals surface area contributed by atoms with Crippen LogP contribution in [0.2, 0.25) is 0 Å². The summed E-state index contributed by atoms with van der Waals surface area (Å²) in [5.41, 5.74) is 4.10. The predicted octanol–water partition coefficient (Wildman–Crippen LogP) is 4.62. The van der Waals surface area contributed by atoms with Crippen LogP contribution in [0, 0.1) is 0 Å². The molecule has 4 nitrogen and oxygen atoms in total. The van der Waals surface area contributed by atoms with Crippen molar-refractivity contribution in [2.45, 2.75) is 36.8 Å². The number of anilines is 1. The smallest absolute Gasteiger partial charge is 0.180 e. The molecule has 0 radical (unpaired) electrons. The minimum Gasteiger partial charge on any atom is -0.371 e. The number of sulfone groups is 1. The normalized spacial score (nSPS) is 15.3. The maximum Gasteiger partial charge on any atom is 0.180 e. The molecule has 1 aliphatic rings. The quantitative estimate of drug-likeness (QED) is 0.731. The maximum absolute atomic E-state index is 12.7. The molecule has 0 atom stereocenters. The molecule has 0 amide bonds. The van der Waals surface area contributed by atoms with E-state index in [1.807, 2.05) is 30.3 Å². The van der Waals surface area contributed by atoms with Crippen molar-refractivity contribution >= 4 is 26.4 Å². The molecule has 0 saturated carbocycles. The van der Waals surface area contributed by atoms with Gasteiger partial charge in [0.25, 0.3) is 0 Å². The second-order valence-electron chi connectivity index (χ2n) is 7.24. The van der Waals surface area contributed by atoms with Gasteiger partial charge in [0, 0.05) is 40.9 Å². The number of hydrogen-bond acceptors (Lipinski definition) is 3. The van der Waals surface area contributed by atoms with Crippen molar-refractivity contribution < 1.29 is 8.42 Å². The summed E-state index contributed by atoms with van der Waals surface area (Å²) in [6.07, 6.45) is 2.36. The molecule has 1 aliphatic heterocycles. The minimum absolute atomic E-state index is 0.393. The van der Waals surface area contributed by atoms with E-state index in [4.69, 9.17) is 0 Å². The average molecular weight is 369 g/mol. The number of H-pyrrole nitrogens is 1.